The molecule has 1 spiro atoms. The molecule has 7 nitrogen and oxygen atoms in total. The molecule has 3 rings (SSSR count). The molecule has 1 aromatic heterocycles. The van der Waals surface area contributed by atoms with E-state index in [1.54, 1.807) is 22.8 Å². The van der Waals surface area contributed by atoms with Gasteiger partial charge in [-0.25, -0.2) is 4.79 Å². The van der Waals surface area contributed by atoms with Crippen LogP contribution in [0.4, 0.5) is 4.79 Å². The Morgan fingerprint density at radius 3 is 2.72 bits per heavy atom. The van der Waals surface area contributed by atoms with Crippen LogP contribution in [0.15, 0.2) is 6.20 Å². The van der Waals surface area contributed by atoms with Gasteiger partial charge in [0.25, 0.3) is 5.91 Å². The lowest BCUT2D eigenvalue weighted by Gasteiger charge is -2.30. The number of hydrogen-bond acceptors (Lipinski definition) is 4. The third kappa shape index (κ3) is 1.50. The number of aryl methyl sites for hydroxylation is 1. The summed E-state index contributed by atoms with van der Waals surface area (Å²) in [6, 6.07) is -0.312. The zero-order valence-corrected chi connectivity index (χ0v) is 10.2. The van der Waals surface area contributed by atoms with Gasteiger partial charge < -0.3 is 4.90 Å². The number of carbonyl (C=O) groups is 2. The molecule has 0 radical (unpaired) electrons. The van der Waals surface area contributed by atoms with Gasteiger partial charge in [0, 0.05) is 13.2 Å². The molecule has 1 aromatic rings. The summed E-state index contributed by atoms with van der Waals surface area (Å²) in [7, 11) is 1.77. The van der Waals surface area contributed by atoms with Gasteiger partial charge in [-0.05, 0) is 12.8 Å². The van der Waals surface area contributed by atoms with Crippen LogP contribution in [0.1, 0.15) is 31.4 Å². The maximum atomic E-state index is 12.0. The average Bonchev–Trinajstić information content (AvgIpc) is 2.99. The van der Waals surface area contributed by atoms with Crippen LogP contribution in [0.5, 0.6) is 0 Å². The van der Waals surface area contributed by atoms with E-state index in [-0.39, 0.29) is 11.9 Å². The number of rotatable bonds is 2. The van der Waals surface area contributed by atoms with Crippen molar-refractivity contribution in [2.45, 2.75) is 37.8 Å². The van der Waals surface area contributed by atoms with Crippen molar-refractivity contribution in [1.29, 1.82) is 0 Å². The number of carbonyl (C=O) groups excluding carboxylic acids is 2. The van der Waals surface area contributed by atoms with Gasteiger partial charge in [-0.1, -0.05) is 18.1 Å². The summed E-state index contributed by atoms with van der Waals surface area (Å²) >= 11 is 0. The summed E-state index contributed by atoms with van der Waals surface area (Å²) in [5.41, 5.74) is 0.0582. The summed E-state index contributed by atoms with van der Waals surface area (Å²) in [5, 5.41) is 10.2. The van der Waals surface area contributed by atoms with E-state index in [0.29, 0.717) is 12.2 Å². The molecule has 1 aliphatic heterocycles. The number of nitrogens with zero attached hydrogens (tertiary/aromatic N) is 4. The van der Waals surface area contributed by atoms with Crippen LogP contribution in [0.3, 0.4) is 0 Å². The van der Waals surface area contributed by atoms with Gasteiger partial charge in [-0.15, -0.1) is 5.10 Å². The van der Waals surface area contributed by atoms with Gasteiger partial charge in [0.15, 0.2) is 0 Å². The molecule has 96 valence electrons. The molecule has 3 amide bonds. The van der Waals surface area contributed by atoms with E-state index in [0.717, 1.165) is 25.7 Å². The molecule has 0 unspecified atom stereocenters. The fourth-order valence-corrected chi connectivity index (χ4v) is 2.91. The van der Waals surface area contributed by atoms with Gasteiger partial charge in [-0.2, -0.15) is 0 Å². The Kier molecular flexibility index (Phi) is 2.36. The van der Waals surface area contributed by atoms with E-state index in [1.165, 1.54) is 0 Å². The third-order valence-corrected chi connectivity index (χ3v) is 3.81. The second-order valence-corrected chi connectivity index (χ2v) is 4.97. The lowest BCUT2D eigenvalue weighted by atomic mass is 9.96. The highest BCUT2D eigenvalue weighted by Crippen LogP contribution is 2.39. The predicted octanol–water partition coefficient (Wildman–Crippen LogP) is 0.180. The summed E-state index contributed by atoms with van der Waals surface area (Å²) in [6.45, 7) is 0.339. The molecule has 7 heteroatoms. The van der Waals surface area contributed by atoms with Crippen molar-refractivity contribution in [2.75, 3.05) is 0 Å². The molecule has 1 N–H and O–H groups in total. The van der Waals surface area contributed by atoms with Crippen LogP contribution in [-0.4, -0.2) is 37.4 Å². The SMILES string of the molecule is Cn1cc(CN2C(=O)NC(=O)C23CCCC3)nn1. The minimum absolute atomic E-state index is 0.158. The minimum atomic E-state index is -0.644. The average molecular weight is 249 g/mol. The highest BCUT2D eigenvalue weighted by atomic mass is 16.2. The molecule has 2 heterocycles. The van der Waals surface area contributed by atoms with Crippen molar-refractivity contribution in [1.82, 2.24) is 25.2 Å². The van der Waals surface area contributed by atoms with E-state index < -0.39 is 5.54 Å². The smallest absolute Gasteiger partial charge is 0.304 e. The molecule has 0 bridgehead atoms. The molecule has 0 atom stereocenters. The van der Waals surface area contributed by atoms with E-state index in [2.05, 4.69) is 15.6 Å². The minimum Gasteiger partial charge on any atom is -0.304 e. The topological polar surface area (TPSA) is 80.1 Å². The van der Waals surface area contributed by atoms with Crippen LogP contribution in [0.25, 0.3) is 0 Å². The predicted molar refractivity (Wildman–Crippen MR) is 61.3 cm³/mol. The first-order chi connectivity index (χ1) is 8.62. The zero-order valence-electron chi connectivity index (χ0n) is 10.2. The first kappa shape index (κ1) is 11.2. The third-order valence-electron chi connectivity index (χ3n) is 3.81. The highest BCUT2D eigenvalue weighted by molar-refractivity contribution is 6.07. The molecular formula is C11H15N5O2. The van der Waals surface area contributed by atoms with Crippen LogP contribution in [-0.2, 0) is 18.4 Å². The van der Waals surface area contributed by atoms with E-state index >= 15 is 0 Å². The van der Waals surface area contributed by atoms with E-state index in [1.807, 2.05) is 0 Å². The Morgan fingerprint density at radius 2 is 2.11 bits per heavy atom. The number of nitrogens with one attached hydrogen (secondary N) is 1. The standard InChI is InChI=1S/C11H15N5O2/c1-15-6-8(13-14-15)7-16-10(18)12-9(17)11(16)4-2-3-5-11/h6H,2-5,7H2,1H3,(H,12,17,18). The van der Waals surface area contributed by atoms with Crippen molar-refractivity contribution in [3.05, 3.63) is 11.9 Å². The number of urea groups is 1. The number of imide groups is 1. The van der Waals surface area contributed by atoms with Crippen LogP contribution < -0.4 is 5.32 Å². The quantitative estimate of drug-likeness (QED) is 0.758. The first-order valence-corrected chi connectivity index (χ1v) is 6.10. The Hall–Kier alpha value is -1.92. The van der Waals surface area contributed by atoms with Crippen molar-refractivity contribution >= 4 is 11.9 Å². The van der Waals surface area contributed by atoms with E-state index in [9.17, 15) is 9.59 Å². The molecule has 2 aliphatic rings. The van der Waals surface area contributed by atoms with Crippen molar-refractivity contribution in [2.24, 2.45) is 7.05 Å². The molecule has 18 heavy (non-hydrogen) atoms. The molecule has 2 fully saturated rings. The zero-order chi connectivity index (χ0) is 12.8. The van der Waals surface area contributed by atoms with Crippen LogP contribution in [0, 0.1) is 0 Å². The summed E-state index contributed by atoms with van der Waals surface area (Å²) in [6.07, 6.45) is 5.21. The van der Waals surface area contributed by atoms with Crippen molar-refractivity contribution in [3.63, 3.8) is 0 Å². The number of hydrogen-bond donors (Lipinski definition) is 1. The fraction of sp³-hybridized carbons (Fsp3) is 0.636. The van der Waals surface area contributed by atoms with Gasteiger partial charge in [-0.3, -0.25) is 14.8 Å². The van der Waals surface area contributed by atoms with Crippen LogP contribution >= 0.6 is 0 Å². The Labute approximate surface area is 104 Å². The first-order valence-electron chi connectivity index (χ1n) is 6.10. The molecular weight excluding hydrogens is 234 g/mol. The fourth-order valence-electron chi connectivity index (χ4n) is 2.91. The Morgan fingerprint density at radius 1 is 1.39 bits per heavy atom. The van der Waals surface area contributed by atoms with Crippen molar-refractivity contribution < 1.29 is 9.59 Å². The maximum Gasteiger partial charge on any atom is 0.325 e. The lowest BCUT2D eigenvalue weighted by molar-refractivity contribution is -0.126. The van der Waals surface area contributed by atoms with Crippen molar-refractivity contribution in [3.8, 4) is 0 Å². The van der Waals surface area contributed by atoms with Crippen LogP contribution in [0.2, 0.25) is 0 Å². The summed E-state index contributed by atoms with van der Waals surface area (Å²) in [4.78, 5) is 25.5. The van der Waals surface area contributed by atoms with Gasteiger partial charge in [0.2, 0.25) is 0 Å². The number of amides is 3. The largest absolute Gasteiger partial charge is 0.325 e. The van der Waals surface area contributed by atoms with Gasteiger partial charge >= 0.3 is 6.03 Å². The second-order valence-electron chi connectivity index (χ2n) is 4.97. The molecule has 1 saturated heterocycles. The summed E-state index contributed by atoms with van der Waals surface area (Å²) < 4.78 is 1.59. The second kappa shape index (κ2) is 3.79. The highest BCUT2D eigenvalue weighted by Gasteiger charge is 2.54. The molecule has 1 saturated carbocycles. The normalized spacial score (nSPS) is 21.9. The van der Waals surface area contributed by atoms with Gasteiger partial charge in [0.05, 0.1) is 6.54 Å². The molecule has 1 aliphatic carbocycles. The Balaban J connectivity index is 1.89. The molecule has 0 aromatic carbocycles. The summed E-state index contributed by atoms with van der Waals surface area (Å²) in [5.74, 6) is -0.158. The monoisotopic (exact) mass is 249 g/mol. The lowest BCUT2D eigenvalue weighted by Crippen LogP contribution is -2.46. The van der Waals surface area contributed by atoms with Gasteiger partial charge in [0.1, 0.15) is 11.2 Å². The van der Waals surface area contributed by atoms with E-state index in [4.69, 9.17) is 0 Å². The Bertz CT molecular complexity index is 503. The number of aromatic nitrogens is 3. The maximum absolute atomic E-state index is 12.0.